The quantitative estimate of drug-likeness (QED) is 0.516. The van der Waals surface area contributed by atoms with Crippen LogP contribution in [-0.2, 0) is 11.2 Å². The molecule has 5 nitrogen and oxygen atoms in total. The first kappa shape index (κ1) is 19.1. The van der Waals surface area contributed by atoms with E-state index in [1.54, 1.807) is 6.92 Å². The number of aromatic nitrogens is 2. The second-order valence-corrected chi connectivity index (χ2v) is 7.90. The minimum absolute atomic E-state index is 0.211. The fourth-order valence-electron chi connectivity index (χ4n) is 3.15. The van der Waals surface area contributed by atoms with Gasteiger partial charge in [0, 0.05) is 10.6 Å². The Morgan fingerprint density at radius 2 is 1.86 bits per heavy atom. The number of rotatable bonds is 5. The average Bonchev–Trinajstić information content (AvgIpc) is 3.20. The molecule has 2 aromatic carbocycles. The number of hydrogen-bond donors (Lipinski definition) is 1. The number of fused-ring (bicyclic) bond motifs is 1. The summed E-state index contributed by atoms with van der Waals surface area (Å²) in [5, 5.41) is 3.40. The Hall–Kier alpha value is -3.25. The van der Waals surface area contributed by atoms with Crippen molar-refractivity contribution in [3.63, 3.8) is 0 Å². The lowest BCUT2D eigenvalue weighted by Crippen LogP contribution is -2.31. The number of hydrogen-bond acceptors (Lipinski definition) is 4. The van der Waals surface area contributed by atoms with Gasteiger partial charge in [-0.15, -0.1) is 11.3 Å². The van der Waals surface area contributed by atoms with Gasteiger partial charge in [-0.1, -0.05) is 49.4 Å². The van der Waals surface area contributed by atoms with Crippen molar-refractivity contribution in [2.24, 2.45) is 0 Å². The number of nitrogens with zero attached hydrogens (tertiary/aromatic N) is 2. The van der Waals surface area contributed by atoms with Crippen LogP contribution in [0.2, 0.25) is 0 Å². The SMILES string of the molecule is CCc1ccc(NC(=O)[C@H](C)n2cnc3sc(-c4ccccc4)cc3c2=O)cc1. The lowest BCUT2D eigenvalue weighted by atomic mass is 10.1. The lowest BCUT2D eigenvalue weighted by Gasteiger charge is -2.15. The van der Waals surface area contributed by atoms with Gasteiger partial charge in [-0.2, -0.15) is 0 Å². The van der Waals surface area contributed by atoms with Gasteiger partial charge in [0.05, 0.1) is 11.7 Å². The molecule has 0 fully saturated rings. The smallest absolute Gasteiger partial charge is 0.262 e. The number of nitrogens with one attached hydrogen (secondary N) is 1. The molecular formula is C23H21N3O2S. The van der Waals surface area contributed by atoms with E-state index in [1.165, 1.54) is 27.8 Å². The van der Waals surface area contributed by atoms with E-state index in [4.69, 9.17) is 0 Å². The van der Waals surface area contributed by atoms with E-state index in [0.29, 0.717) is 15.9 Å². The van der Waals surface area contributed by atoms with Crippen LogP contribution in [-0.4, -0.2) is 15.5 Å². The van der Waals surface area contributed by atoms with Gasteiger partial charge in [0.1, 0.15) is 10.9 Å². The Morgan fingerprint density at radius 1 is 1.14 bits per heavy atom. The molecule has 0 radical (unpaired) electrons. The molecule has 4 rings (SSSR count). The summed E-state index contributed by atoms with van der Waals surface area (Å²) in [7, 11) is 0. The maximum Gasteiger partial charge on any atom is 0.262 e. The topological polar surface area (TPSA) is 64.0 Å². The summed E-state index contributed by atoms with van der Waals surface area (Å²) in [6, 6.07) is 18.8. The van der Waals surface area contributed by atoms with Crippen LogP contribution in [0.1, 0.15) is 25.5 Å². The van der Waals surface area contributed by atoms with Crippen LogP contribution in [0.4, 0.5) is 5.69 Å². The van der Waals surface area contributed by atoms with E-state index in [1.807, 2.05) is 60.7 Å². The number of carbonyl (C=O) groups is 1. The van der Waals surface area contributed by atoms with Gasteiger partial charge in [-0.25, -0.2) is 4.98 Å². The summed E-state index contributed by atoms with van der Waals surface area (Å²) in [4.78, 5) is 31.8. The molecule has 0 unspecified atom stereocenters. The highest BCUT2D eigenvalue weighted by Crippen LogP contribution is 2.30. The summed E-state index contributed by atoms with van der Waals surface area (Å²) < 4.78 is 1.39. The van der Waals surface area contributed by atoms with E-state index in [9.17, 15) is 9.59 Å². The highest BCUT2D eigenvalue weighted by Gasteiger charge is 2.19. The molecule has 1 N–H and O–H groups in total. The minimum atomic E-state index is -0.676. The van der Waals surface area contributed by atoms with Crippen LogP contribution in [0.3, 0.4) is 0 Å². The standard InChI is InChI=1S/C23H21N3O2S/c1-3-16-9-11-18(12-10-16)25-21(27)15(2)26-14-24-22-19(23(26)28)13-20(29-22)17-7-5-4-6-8-17/h4-15H,3H2,1-2H3,(H,25,27)/t15-/m0/s1. The molecule has 0 aliphatic carbocycles. The van der Waals surface area contributed by atoms with Crippen LogP contribution in [0.5, 0.6) is 0 Å². The van der Waals surface area contributed by atoms with Gasteiger partial charge >= 0.3 is 0 Å². The zero-order valence-corrected chi connectivity index (χ0v) is 17.1. The third-order valence-corrected chi connectivity index (χ3v) is 6.05. The maximum atomic E-state index is 13.0. The Morgan fingerprint density at radius 3 is 2.55 bits per heavy atom. The monoisotopic (exact) mass is 403 g/mol. The Labute approximate surface area is 172 Å². The summed E-state index contributed by atoms with van der Waals surface area (Å²) >= 11 is 1.47. The summed E-state index contributed by atoms with van der Waals surface area (Å²) in [6.45, 7) is 3.79. The zero-order valence-electron chi connectivity index (χ0n) is 16.3. The van der Waals surface area contributed by atoms with Crippen LogP contribution < -0.4 is 10.9 Å². The molecule has 146 valence electrons. The van der Waals surface area contributed by atoms with Gasteiger partial charge in [0.2, 0.25) is 5.91 Å². The molecule has 0 aliphatic heterocycles. The largest absolute Gasteiger partial charge is 0.324 e. The number of anilines is 1. The Kier molecular flexibility index (Phi) is 5.27. The molecule has 0 bridgehead atoms. The predicted octanol–water partition coefficient (Wildman–Crippen LogP) is 4.89. The van der Waals surface area contributed by atoms with E-state index in [-0.39, 0.29) is 11.5 Å². The number of thiophene rings is 1. The fourth-order valence-corrected chi connectivity index (χ4v) is 4.15. The van der Waals surface area contributed by atoms with Crippen molar-refractivity contribution in [3.8, 4) is 10.4 Å². The van der Waals surface area contributed by atoms with Gasteiger partial charge in [0.25, 0.3) is 5.56 Å². The van der Waals surface area contributed by atoms with Crippen molar-refractivity contribution < 1.29 is 4.79 Å². The van der Waals surface area contributed by atoms with Crippen molar-refractivity contribution in [3.05, 3.63) is 82.9 Å². The van der Waals surface area contributed by atoms with E-state index >= 15 is 0 Å². The fraction of sp³-hybridized carbons (Fsp3) is 0.174. The molecule has 2 aromatic heterocycles. The van der Waals surface area contributed by atoms with Crippen LogP contribution in [0.25, 0.3) is 20.7 Å². The molecule has 0 saturated heterocycles. The van der Waals surface area contributed by atoms with E-state index in [2.05, 4.69) is 17.2 Å². The second-order valence-electron chi connectivity index (χ2n) is 6.87. The average molecular weight is 404 g/mol. The maximum absolute atomic E-state index is 13.0. The van der Waals surface area contributed by atoms with E-state index < -0.39 is 6.04 Å². The van der Waals surface area contributed by atoms with Crippen LogP contribution in [0, 0.1) is 0 Å². The molecule has 29 heavy (non-hydrogen) atoms. The number of benzene rings is 2. The first-order valence-corrected chi connectivity index (χ1v) is 10.3. The minimum Gasteiger partial charge on any atom is -0.324 e. The Balaban J connectivity index is 1.61. The van der Waals surface area contributed by atoms with Gasteiger partial charge < -0.3 is 5.32 Å². The predicted molar refractivity (Wildman–Crippen MR) is 118 cm³/mol. The van der Waals surface area contributed by atoms with Crippen molar-refractivity contribution >= 4 is 33.1 Å². The third-order valence-electron chi connectivity index (χ3n) is 4.96. The summed E-state index contributed by atoms with van der Waals surface area (Å²) in [6.07, 6.45) is 2.40. The Bertz CT molecular complexity index is 1210. The van der Waals surface area contributed by atoms with Crippen molar-refractivity contribution in [1.82, 2.24) is 9.55 Å². The first-order chi connectivity index (χ1) is 14.1. The normalized spacial score (nSPS) is 12.1. The van der Waals surface area contributed by atoms with Crippen molar-refractivity contribution in [2.45, 2.75) is 26.3 Å². The van der Waals surface area contributed by atoms with Gasteiger partial charge in [-0.3, -0.25) is 14.2 Å². The number of carbonyl (C=O) groups excluding carboxylic acids is 1. The summed E-state index contributed by atoms with van der Waals surface area (Å²) in [5.74, 6) is -0.254. The molecule has 6 heteroatoms. The molecular weight excluding hydrogens is 382 g/mol. The highest BCUT2D eigenvalue weighted by molar-refractivity contribution is 7.21. The molecule has 1 amide bonds. The molecule has 1 atom stereocenters. The van der Waals surface area contributed by atoms with E-state index in [0.717, 1.165) is 16.9 Å². The van der Waals surface area contributed by atoms with Crippen molar-refractivity contribution in [1.29, 1.82) is 0 Å². The molecule has 0 aliphatic rings. The number of amides is 1. The zero-order chi connectivity index (χ0) is 20.4. The molecule has 2 heterocycles. The first-order valence-electron chi connectivity index (χ1n) is 9.52. The van der Waals surface area contributed by atoms with Crippen LogP contribution in [0.15, 0.2) is 71.8 Å². The lowest BCUT2D eigenvalue weighted by molar-refractivity contribution is -0.118. The highest BCUT2D eigenvalue weighted by atomic mass is 32.1. The molecule has 4 aromatic rings. The number of aryl methyl sites for hydroxylation is 1. The van der Waals surface area contributed by atoms with Crippen molar-refractivity contribution in [2.75, 3.05) is 5.32 Å². The third kappa shape index (κ3) is 3.84. The molecule has 0 saturated carbocycles. The molecule has 0 spiro atoms. The van der Waals surface area contributed by atoms with Gasteiger partial charge in [-0.05, 0) is 42.7 Å². The second kappa shape index (κ2) is 8.01. The van der Waals surface area contributed by atoms with Crippen LogP contribution >= 0.6 is 11.3 Å². The van der Waals surface area contributed by atoms with Gasteiger partial charge in [0.15, 0.2) is 0 Å². The summed E-state index contributed by atoms with van der Waals surface area (Å²) in [5.41, 5.74) is 2.75.